The van der Waals surface area contributed by atoms with Crippen molar-refractivity contribution in [1.82, 2.24) is 0 Å². The molecule has 0 N–H and O–H groups in total. The fraction of sp³-hybridized carbons (Fsp3) is 0.237. The van der Waals surface area contributed by atoms with E-state index in [0.717, 1.165) is 0 Å². The van der Waals surface area contributed by atoms with Gasteiger partial charge in [0.2, 0.25) is 0 Å². The zero-order valence-electron chi connectivity index (χ0n) is 85.7. The second kappa shape index (κ2) is 50.6. The first-order chi connectivity index (χ1) is 70.6. The van der Waals surface area contributed by atoms with Crippen LogP contribution >= 0.6 is 0 Å². The summed E-state index contributed by atoms with van der Waals surface area (Å²) in [5, 5.41) is 0. The number of hydrogen-bond acceptors (Lipinski definition) is 10. The molecule has 0 bridgehead atoms. The smallest absolute Gasteiger partial charge is 0.137 e. The van der Waals surface area contributed by atoms with Gasteiger partial charge in [-0.3, -0.25) is 0 Å². The Balaban J connectivity index is 0.000000146. The second-order valence-corrected chi connectivity index (χ2v) is 39.1. The van der Waals surface area contributed by atoms with Gasteiger partial charge in [0.15, 0.2) is 0 Å². The van der Waals surface area contributed by atoms with Gasteiger partial charge >= 0.3 is 0 Å². The molecule has 762 valence electrons. The van der Waals surface area contributed by atoms with E-state index >= 15 is 0 Å². The van der Waals surface area contributed by atoms with Crippen LogP contribution in [0.25, 0.3) is 5.70 Å². The molecule has 10 nitrogen and oxygen atoms in total. The Morgan fingerprint density at radius 2 is 0.329 bits per heavy atom. The minimum absolute atomic E-state index is 0. The van der Waals surface area contributed by atoms with Gasteiger partial charge in [-0.25, -0.2) is 0 Å². The highest BCUT2D eigenvalue weighted by atomic mass is 15.5. The minimum Gasteiger partial charge on any atom is -0.318 e. The molecule has 7 aliphatic rings. The van der Waals surface area contributed by atoms with Crippen molar-refractivity contribution in [3.63, 3.8) is 0 Å². The van der Waals surface area contributed by atoms with Crippen molar-refractivity contribution in [1.29, 1.82) is 0 Å². The van der Waals surface area contributed by atoms with Crippen molar-refractivity contribution < 1.29 is 0 Å². The summed E-state index contributed by atoms with van der Waals surface area (Å²) in [6.45, 7) is 26.8. The topological polar surface area (TPSA) is 32.4 Å². The van der Waals surface area contributed by atoms with Crippen LogP contribution in [0.5, 0.6) is 0 Å². The molecule has 23 rings (SSSR count). The fourth-order valence-corrected chi connectivity index (χ4v) is 23.1. The normalized spacial score (nSPS) is 17.4. The third-order valence-corrected chi connectivity index (χ3v) is 30.2. The summed E-state index contributed by atoms with van der Waals surface area (Å²) in [7, 11) is 0. The van der Waals surface area contributed by atoms with Crippen LogP contribution in [-0.4, -0.2) is 0 Å². The highest BCUT2D eigenvalue weighted by molar-refractivity contribution is 5.90. The van der Waals surface area contributed by atoms with Gasteiger partial charge in [-0.15, -0.1) is 0 Å². The fourth-order valence-electron chi connectivity index (χ4n) is 23.1. The third-order valence-electron chi connectivity index (χ3n) is 30.2. The van der Waals surface area contributed by atoms with Crippen molar-refractivity contribution in [2.45, 2.75) is 209 Å². The average molecular weight is 1970 g/mol. The molecular formula is C139H156N10. The van der Waals surface area contributed by atoms with Crippen LogP contribution in [0.2, 0.25) is 0 Å². The minimum atomic E-state index is 0. The first-order valence-electron chi connectivity index (χ1n) is 51.9. The van der Waals surface area contributed by atoms with Crippen molar-refractivity contribution in [2.24, 2.45) is 11.8 Å². The van der Waals surface area contributed by atoms with Crippen molar-refractivity contribution in [3.8, 4) is 0 Å². The lowest BCUT2D eigenvalue weighted by Crippen LogP contribution is -2.34. The molecule has 10 heteroatoms. The summed E-state index contributed by atoms with van der Waals surface area (Å²) in [4.78, 5) is 25.2. The van der Waals surface area contributed by atoms with Gasteiger partial charge in [0.1, 0.15) is 30.8 Å². The molecule has 5 atom stereocenters. The van der Waals surface area contributed by atoms with Crippen molar-refractivity contribution >= 4 is 62.6 Å². The largest absolute Gasteiger partial charge is 0.318 e. The van der Waals surface area contributed by atoms with Gasteiger partial charge in [0, 0.05) is 120 Å². The van der Waals surface area contributed by atoms with Crippen molar-refractivity contribution in [2.75, 3.05) is 49.0 Å². The molecule has 149 heavy (non-hydrogen) atoms. The van der Waals surface area contributed by atoms with Crippen LogP contribution < -0.4 is 49.0 Å². The van der Waals surface area contributed by atoms with E-state index in [1.165, 1.54) is 233 Å². The Labute approximate surface area is 893 Å². The average Bonchev–Trinajstić information content (AvgIpc) is 1.58. The maximum atomic E-state index is 2.63. The molecular weight excluding hydrogens is 1810 g/mol. The van der Waals surface area contributed by atoms with E-state index in [1.807, 2.05) is 0 Å². The number of para-hydroxylation sites is 10. The molecule has 2 aliphatic carbocycles. The van der Waals surface area contributed by atoms with Crippen molar-refractivity contribution in [3.05, 3.63) is 567 Å². The number of nitrogens with zero attached hydrogens (tertiary/aromatic N) is 10. The maximum absolute atomic E-state index is 2.63. The van der Waals surface area contributed by atoms with E-state index in [0.29, 0.717) is 11.8 Å². The van der Waals surface area contributed by atoms with E-state index in [1.54, 1.807) is 0 Å². The van der Waals surface area contributed by atoms with Crippen LogP contribution in [-0.2, 0) is 0 Å². The summed E-state index contributed by atoms with van der Waals surface area (Å²) < 4.78 is 0. The van der Waals surface area contributed by atoms with Gasteiger partial charge in [0.05, 0.1) is 5.70 Å². The quantitative estimate of drug-likeness (QED) is 0.0828. The van der Waals surface area contributed by atoms with Crippen LogP contribution in [0.4, 0.5) is 56.9 Å². The summed E-state index contributed by atoms with van der Waals surface area (Å²) in [6.07, 6.45) is 12.4. The second-order valence-electron chi connectivity index (χ2n) is 39.1. The molecule has 16 aromatic carbocycles. The first-order valence-corrected chi connectivity index (χ1v) is 51.9. The Hall–Kier alpha value is -15.8. The zero-order valence-corrected chi connectivity index (χ0v) is 85.7. The first kappa shape index (κ1) is 109. The van der Waals surface area contributed by atoms with Gasteiger partial charge in [-0.1, -0.05) is 433 Å². The predicted octanol–water partition coefficient (Wildman–Crippen LogP) is 38.4. The SMILES string of the molecule is C.C.C.C.C.CC1=C(C)N(c2ccccc2C)C(c2ccccc2)N1c1ccccc1.CC1=C(C)N(c2ccccc2C)C(c2ccccc2)N1c1ccccc1.CC1=C(C2CCCC2)N(c2ccccc2)C(c2ccccc2)N1c1ccccc1C.CC1=C(C2CCCCC2)N(c2ccccc2)C(c2ccccc2)N1c1ccccc1C.CC1=C(c2ccccc2)N(c2ccccc2)C(c2ccccc2)N1c1ccccc1C. The molecule has 2 fully saturated rings. The molecule has 5 heterocycles. The molecule has 5 aliphatic heterocycles. The summed E-state index contributed by atoms with van der Waals surface area (Å²) >= 11 is 0. The molecule has 0 saturated heterocycles. The van der Waals surface area contributed by atoms with E-state index in [9.17, 15) is 0 Å². The summed E-state index contributed by atoms with van der Waals surface area (Å²) in [5.41, 5.74) is 40.2. The molecule has 0 amide bonds. The predicted molar refractivity (Wildman–Crippen MR) is 642 cm³/mol. The Morgan fingerprint density at radius 1 is 0.154 bits per heavy atom. The van der Waals surface area contributed by atoms with Crippen LogP contribution in [0, 0.1) is 46.5 Å². The molecule has 16 aromatic rings. The van der Waals surface area contributed by atoms with Crippen LogP contribution in [0.1, 0.15) is 235 Å². The lowest BCUT2D eigenvalue weighted by molar-refractivity contribution is 0.394. The number of rotatable bonds is 18. The number of aryl methyl sites for hydroxylation is 5. The molecule has 5 unspecified atom stereocenters. The Kier molecular flexibility index (Phi) is 37.0. The molecule has 0 spiro atoms. The van der Waals surface area contributed by atoms with Gasteiger partial charge in [0.25, 0.3) is 0 Å². The number of benzene rings is 16. The molecule has 0 aromatic heterocycles. The van der Waals surface area contributed by atoms with Gasteiger partial charge < -0.3 is 49.0 Å². The highest BCUT2D eigenvalue weighted by Crippen LogP contribution is 2.56. The Bertz CT molecular complexity index is 6970. The lowest BCUT2D eigenvalue weighted by Gasteiger charge is -2.37. The summed E-state index contributed by atoms with van der Waals surface area (Å²) in [6, 6.07) is 163. The number of hydrogen-bond donors (Lipinski definition) is 0. The van der Waals surface area contributed by atoms with E-state index < -0.39 is 0 Å². The number of anilines is 10. The van der Waals surface area contributed by atoms with E-state index in [-0.39, 0.29) is 68.0 Å². The zero-order chi connectivity index (χ0) is 99.1. The molecule has 0 radical (unpaired) electrons. The van der Waals surface area contributed by atoms with Crippen LogP contribution in [0.3, 0.4) is 0 Å². The molecule has 2 saturated carbocycles. The van der Waals surface area contributed by atoms with Gasteiger partial charge in [-0.2, -0.15) is 0 Å². The standard InChI is InChI=1S/C29H32N2.C29H26N2.C28H30N2.2C24H24N2.5CH4/c2*1-22-14-12-13-21-27(22)30-23(2)28(24-15-6-3-7-16-24)31(26-19-10-5-11-20-26)29(30)25-17-8-4-9-18-25;1-21-13-9-12-20-26(21)29-22(2)27(23-14-10-11-15-23)30(25-18-7-4-8-19-25)28(29)24-16-5-3-6-17-24;2*1-18-12-10-11-17-23(18)26-20(3)19(2)25(22-15-8-5-9-16-22)24(26)21-13-6-4-7-14-21;;;;;/h4-5,8-14,17-21,24,29H,3,6-7,15-16H2,1-2H3;3-21,29H,1-2H3;3-9,12-13,16-20,23,28H,10-11,14-15H2,1-2H3;2*4-17,24H,1-3H3;5*1H4. The van der Waals surface area contributed by atoms with E-state index in [2.05, 4.69) is 587 Å². The monoisotopic (exact) mass is 1970 g/mol. The number of allylic oxidation sites excluding steroid dienone is 9. The lowest BCUT2D eigenvalue weighted by atomic mass is 9.85. The maximum Gasteiger partial charge on any atom is 0.137 e. The highest BCUT2D eigenvalue weighted by Gasteiger charge is 2.47. The third kappa shape index (κ3) is 22.7. The summed E-state index contributed by atoms with van der Waals surface area (Å²) in [5.74, 6) is 1.25. The van der Waals surface area contributed by atoms with Gasteiger partial charge in [-0.05, 0) is 261 Å². The van der Waals surface area contributed by atoms with E-state index in [4.69, 9.17) is 0 Å². The Morgan fingerprint density at radius 3 is 0.577 bits per heavy atom. The van der Waals surface area contributed by atoms with Crippen LogP contribution in [0.15, 0.2) is 506 Å².